The maximum atomic E-state index is 5.10. The van der Waals surface area contributed by atoms with Gasteiger partial charge in [0.25, 0.3) is 0 Å². The van der Waals surface area contributed by atoms with Crippen molar-refractivity contribution in [1.29, 1.82) is 0 Å². The molecule has 1 N–H and O–H groups in total. The third kappa shape index (κ3) is 3.07. The fourth-order valence-corrected chi connectivity index (χ4v) is 2.40. The van der Waals surface area contributed by atoms with E-state index >= 15 is 0 Å². The number of hydrogen-bond donors (Lipinski definition) is 1. The molecule has 0 aliphatic heterocycles. The molecule has 0 saturated heterocycles. The van der Waals surface area contributed by atoms with Crippen molar-refractivity contribution in [3.8, 4) is 11.4 Å². The molecular weight excluding hydrogens is 274 g/mol. The predicted molar refractivity (Wildman–Crippen MR) is 90.1 cm³/mol. The number of fused-ring (bicyclic) bond motifs is 1. The number of nitrogens with zero attached hydrogens (tertiary/aromatic N) is 2. The smallest absolute Gasteiger partial charge is 0.162 e. The molecule has 4 heteroatoms. The standard InChI is InChI=1S/C18H19N3O/c1-13-6-5-7-14(12-13)17-20-16-9-4-3-8-15(16)18(21-17)19-10-11-22-2/h3-9,12H,10-11H2,1-2H3,(H,19,20,21). The van der Waals surface area contributed by atoms with Crippen LogP contribution in [0.25, 0.3) is 22.3 Å². The van der Waals surface area contributed by atoms with Gasteiger partial charge in [0.2, 0.25) is 0 Å². The predicted octanol–water partition coefficient (Wildman–Crippen LogP) is 3.66. The average Bonchev–Trinajstić information content (AvgIpc) is 2.55. The largest absolute Gasteiger partial charge is 0.383 e. The monoisotopic (exact) mass is 293 g/mol. The second kappa shape index (κ2) is 6.54. The summed E-state index contributed by atoms with van der Waals surface area (Å²) in [6.07, 6.45) is 0. The van der Waals surface area contributed by atoms with E-state index in [2.05, 4.69) is 24.4 Å². The summed E-state index contributed by atoms with van der Waals surface area (Å²) in [7, 11) is 1.69. The molecule has 0 amide bonds. The van der Waals surface area contributed by atoms with Crippen LogP contribution in [0, 0.1) is 6.92 Å². The minimum atomic E-state index is 0.637. The number of benzene rings is 2. The number of nitrogens with one attached hydrogen (secondary N) is 1. The lowest BCUT2D eigenvalue weighted by molar-refractivity contribution is 0.210. The van der Waals surface area contributed by atoms with E-state index in [1.165, 1.54) is 5.56 Å². The third-order valence-electron chi connectivity index (χ3n) is 3.48. The summed E-state index contributed by atoms with van der Waals surface area (Å²) in [5.41, 5.74) is 3.16. The van der Waals surface area contributed by atoms with Gasteiger partial charge in [-0.25, -0.2) is 9.97 Å². The normalized spacial score (nSPS) is 10.8. The van der Waals surface area contributed by atoms with Gasteiger partial charge in [0.15, 0.2) is 5.82 Å². The lowest BCUT2D eigenvalue weighted by Gasteiger charge is -2.11. The molecule has 0 fully saturated rings. The lowest BCUT2D eigenvalue weighted by Crippen LogP contribution is -2.10. The number of ether oxygens (including phenoxy) is 1. The van der Waals surface area contributed by atoms with E-state index in [1.807, 2.05) is 36.4 Å². The highest BCUT2D eigenvalue weighted by Gasteiger charge is 2.09. The van der Waals surface area contributed by atoms with Crippen molar-refractivity contribution in [3.63, 3.8) is 0 Å². The number of hydrogen-bond acceptors (Lipinski definition) is 4. The molecule has 0 unspecified atom stereocenters. The number of methoxy groups -OCH3 is 1. The van der Waals surface area contributed by atoms with Crippen LogP contribution in [-0.2, 0) is 4.74 Å². The van der Waals surface area contributed by atoms with Crippen LogP contribution in [0.1, 0.15) is 5.56 Å². The Labute approximate surface area is 130 Å². The Morgan fingerprint density at radius 1 is 1.05 bits per heavy atom. The molecular formula is C18H19N3O. The minimum Gasteiger partial charge on any atom is -0.383 e. The van der Waals surface area contributed by atoms with Gasteiger partial charge in [-0.05, 0) is 25.1 Å². The Morgan fingerprint density at radius 3 is 2.73 bits per heavy atom. The van der Waals surface area contributed by atoms with Gasteiger partial charge in [-0.2, -0.15) is 0 Å². The van der Waals surface area contributed by atoms with Crippen molar-refractivity contribution in [3.05, 3.63) is 54.1 Å². The van der Waals surface area contributed by atoms with Gasteiger partial charge in [0.05, 0.1) is 12.1 Å². The Hall–Kier alpha value is -2.46. The molecule has 1 aromatic heterocycles. The second-order valence-electron chi connectivity index (χ2n) is 5.20. The van der Waals surface area contributed by atoms with Crippen molar-refractivity contribution in [1.82, 2.24) is 9.97 Å². The van der Waals surface area contributed by atoms with Crippen LogP contribution in [0.3, 0.4) is 0 Å². The summed E-state index contributed by atoms with van der Waals surface area (Å²) in [6, 6.07) is 16.3. The molecule has 22 heavy (non-hydrogen) atoms. The molecule has 112 valence electrons. The molecule has 0 atom stereocenters. The summed E-state index contributed by atoms with van der Waals surface area (Å²) >= 11 is 0. The maximum absolute atomic E-state index is 5.10. The summed E-state index contributed by atoms with van der Waals surface area (Å²) in [5.74, 6) is 1.58. The molecule has 0 spiro atoms. The first kappa shape index (κ1) is 14.5. The van der Waals surface area contributed by atoms with E-state index in [0.717, 1.165) is 28.1 Å². The van der Waals surface area contributed by atoms with Crippen molar-refractivity contribution in [2.24, 2.45) is 0 Å². The average molecular weight is 293 g/mol. The number of rotatable bonds is 5. The van der Waals surface area contributed by atoms with E-state index in [1.54, 1.807) is 7.11 Å². The van der Waals surface area contributed by atoms with Gasteiger partial charge in [-0.3, -0.25) is 0 Å². The Kier molecular flexibility index (Phi) is 4.30. The fraction of sp³-hybridized carbons (Fsp3) is 0.222. The van der Waals surface area contributed by atoms with Crippen molar-refractivity contribution in [2.75, 3.05) is 25.6 Å². The summed E-state index contributed by atoms with van der Waals surface area (Å²) in [5, 5.41) is 4.36. The van der Waals surface area contributed by atoms with Crippen LogP contribution in [-0.4, -0.2) is 30.2 Å². The highest BCUT2D eigenvalue weighted by atomic mass is 16.5. The Bertz CT molecular complexity index is 786. The minimum absolute atomic E-state index is 0.637. The van der Waals surface area contributed by atoms with Gasteiger partial charge in [-0.1, -0.05) is 35.9 Å². The van der Waals surface area contributed by atoms with E-state index < -0.39 is 0 Å². The molecule has 2 aromatic carbocycles. The first-order chi connectivity index (χ1) is 10.8. The topological polar surface area (TPSA) is 47.0 Å². The van der Waals surface area contributed by atoms with Gasteiger partial charge < -0.3 is 10.1 Å². The lowest BCUT2D eigenvalue weighted by atomic mass is 10.1. The molecule has 0 saturated carbocycles. The van der Waals surface area contributed by atoms with E-state index in [4.69, 9.17) is 14.7 Å². The second-order valence-corrected chi connectivity index (χ2v) is 5.20. The number of aryl methyl sites for hydroxylation is 1. The zero-order valence-corrected chi connectivity index (χ0v) is 12.8. The van der Waals surface area contributed by atoms with Crippen LogP contribution in [0.4, 0.5) is 5.82 Å². The molecule has 3 rings (SSSR count). The molecule has 1 heterocycles. The first-order valence-electron chi connectivity index (χ1n) is 7.34. The van der Waals surface area contributed by atoms with E-state index in [-0.39, 0.29) is 0 Å². The van der Waals surface area contributed by atoms with Crippen LogP contribution >= 0.6 is 0 Å². The number of para-hydroxylation sites is 1. The molecule has 0 aliphatic carbocycles. The van der Waals surface area contributed by atoms with Crippen molar-refractivity contribution in [2.45, 2.75) is 6.92 Å². The highest BCUT2D eigenvalue weighted by Crippen LogP contribution is 2.25. The molecule has 0 aliphatic rings. The van der Waals surface area contributed by atoms with Gasteiger partial charge in [0, 0.05) is 24.6 Å². The van der Waals surface area contributed by atoms with Crippen LogP contribution in [0.15, 0.2) is 48.5 Å². The van der Waals surface area contributed by atoms with Gasteiger partial charge >= 0.3 is 0 Å². The zero-order chi connectivity index (χ0) is 15.4. The number of aromatic nitrogens is 2. The molecule has 0 radical (unpaired) electrons. The summed E-state index contributed by atoms with van der Waals surface area (Å²) in [6.45, 7) is 3.42. The molecule has 4 nitrogen and oxygen atoms in total. The summed E-state index contributed by atoms with van der Waals surface area (Å²) < 4.78 is 5.10. The Morgan fingerprint density at radius 2 is 1.91 bits per heavy atom. The highest BCUT2D eigenvalue weighted by molar-refractivity contribution is 5.90. The first-order valence-corrected chi connectivity index (χ1v) is 7.34. The van der Waals surface area contributed by atoms with Crippen LogP contribution in [0.5, 0.6) is 0 Å². The molecule has 0 bridgehead atoms. The van der Waals surface area contributed by atoms with E-state index in [9.17, 15) is 0 Å². The van der Waals surface area contributed by atoms with Crippen LogP contribution < -0.4 is 5.32 Å². The van der Waals surface area contributed by atoms with Crippen LogP contribution in [0.2, 0.25) is 0 Å². The van der Waals surface area contributed by atoms with Gasteiger partial charge in [0.1, 0.15) is 5.82 Å². The van der Waals surface area contributed by atoms with Gasteiger partial charge in [-0.15, -0.1) is 0 Å². The Balaban J connectivity index is 2.07. The molecule has 3 aromatic rings. The van der Waals surface area contributed by atoms with Crippen molar-refractivity contribution >= 4 is 16.7 Å². The van der Waals surface area contributed by atoms with Crippen molar-refractivity contribution < 1.29 is 4.74 Å². The SMILES string of the molecule is COCCNc1nc(-c2cccc(C)c2)nc2ccccc12. The third-order valence-corrected chi connectivity index (χ3v) is 3.48. The summed E-state index contributed by atoms with van der Waals surface area (Å²) in [4.78, 5) is 9.40. The number of anilines is 1. The zero-order valence-electron chi connectivity index (χ0n) is 12.8. The maximum Gasteiger partial charge on any atom is 0.162 e. The quantitative estimate of drug-likeness (QED) is 0.729. The fourth-order valence-electron chi connectivity index (χ4n) is 2.40. The van der Waals surface area contributed by atoms with E-state index in [0.29, 0.717) is 13.2 Å².